The standard InChI is InChI=1S/C19H21ClN4O6S/c1-2-7-21-19(27)22-17(25)11-30-18(26)12-9-15-14(10-13(12)20)24-8-5-3-4-6-16(24)23-31(15,28)29/h2,9-10H,1,3-8,11H2,(H2,21,22,25,27). The van der Waals surface area contributed by atoms with Crippen molar-refractivity contribution in [2.24, 2.45) is 4.40 Å². The summed E-state index contributed by atoms with van der Waals surface area (Å²) in [5.41, 5.74) is 0.145. The fraction of sp³-hybridized carbons (Fsp3) is 0.368. The van der Waals surface area contributed by atoms with Crippen molar-refractivity contribution in [3.8, 4) is 0 Å². The molecule has 2 aliphatic heterocycles. The number of esters is 1. The smallest absolute Gasteiger partial charge is 0.340 e. The van der Waals surface area contributed by atoms with Gasteiger partial charge in [0.1, 0.15) is 10.7 Å². The molecule has 10 nitrogen and oxygen atoms in total. The molecule has 2 N–H and O–H groups in total. The highest BCUT2D eigenvalue weighted by Gasteiger charge is 2.33. The van der Waals surface area contributed by atoms with Gasteiger partial charge in [0.25, 0.3) is 15.9 Å². The van der Waals surface area contributed by atoms with Crippen LogP contribution in [0.5, 0.6) is 0 Å². The lowest BCUT2D eigenvalue weighted by molar-refractivity contribution is -0.123. The van der Waals surface area contributed by atoms with E-state index < -0.39 is 34.5 Å². The number of benzene rings is 1. The summed E-state index contributed by atoms with van der Waals surface area (Å²) in [7, 11) is -4.02. The van der Waals surface area contributed by atoms with E-state index in [4.69, 9.17) is 16.3 Å². The zero-order chi connectivity index (χ0) is 22.6. The van der Waals surface area contributed by atoms with E-state index in [1.165, 1.54) is 12.1 Å². The summed E-state index contributed by atoms with van der Waals surface area (Å²) in [5.74, 6) is -1.41. The normalized spacial score (nSPS) is 16.7. The number of anilines is 1. The van der Waals surface area contributed by atoms with Crippen LogP contribution in [0.1, 0.15) is 36.0 Å². The Morgan fingerprint density at radius 2 is 2.03 bits per heavy atom. The number of carbonyl (C=O) groups is 3. The predicted molar refractivity (Wildman–Crippen MR) is 114 cm³/mol. The van der Waals surface area contributed by atoms with Gasteiger partial charge in [-0.15, -0.1) is 11.0 Å². The van der Waals surface area contributed by atoms with Crippen molar-refractivity contribution in [1.29, 1.82) is 0 Å². The molecule has 0 radical (unpaired) electrons. The lowest BCUT2D eigenvalue weighted by Gasteiger charge is -2.30. The van der Waals surface area contributed by atoms with Crippen LogP contribution >= 0.6 is 11.6 Å². The Hall–Kier alpha value is -2.92. The van der Waals surface area contributed by atoms with Gasteiger partial charge in [-0.1, -0.05) is 24.1 Å². The summed E-state index contributed by atoms with van der Waals surface area (Å²) in [4.78, 5) is 37.2. The molecule has 166 valence electrons. The number of rotatable bonds is 5. The molecule has 31 heavy (non-hydrogen) atoms. The quantitative estimate of drug-likeness (QED) is 0.498. The first kappa shape index (κ1) is 22.8. The molecule has 1 aromatic carbocycles. The molecule has 0 aliphatic carbocycles. The SMILES string of the molecule is C=CCNC(=O)NC(=O)COC(=O)c1cc2c(cc1Cl)N1CCCCCC1=NS2(=O)=O. The first-order valence-corrected chi connectivity index (χ1v) is 11.4. The molecule has 0 unspecified atom stereocenters. The Bertz CT molecular complexity index is 1070. The number of fused-ring (bicyclic) bond motifs is 3. The van der Waals surface area contributed by atoms with Gasteiger partial charge in [0, 0.05) is 19.5 Å². The van der Waals surface area contributed by atoms with Crippen molar-refractivity contribution in [3.63, 3.8) is 0 Å². The van der Waals surface area contributed by atoms with Gasteiger partial charge in [0.05, 0.1) is 16.3 Å². The Morgan fingerprint density at radius 1 is 1.26 bits per heavy atom. The first-order chi connectivity index (χ1) is 14.7. The number of hydrogen-bond donors (Lipinski definition) is 2. The second-order valence-electron chi connectivity index (χ2n) is 6.87. The van der Waals surface area contributed by atoms with E-state index in [1.54, 1.807) is 4.90 Å². The highest BCUT2D eigenvalue weighted by atomic mass is 35.5. The second kappa shape index (κ2) is 9.48. The maximum Gasteiger partial charge on any atom is 0.340 e. The third-order valence-electron chi connectivity index (χ3n) is 4.65. The van der Waals surface area contributed by atoms with Crippen LogP contribution in [0.2, 0.25) is 5.02 Å². The minimum absolute atomic E-state index is 0.0198. The van der Waals surface area contributed by atoms with Crippen LogP contribution in [-0.2, 0) is 19.6 Å². The highest BCUT2D eigenvalue weighted by Crippen LogP contribution is 2.38. The Morgan fingerprint density at radius 3 is 2.77 bits per heavy atom. The molecule has 3 rings (SSSR count). The summed E-state index contributed by atoms with van der Waals surface area (Å²) in [6.45, 7) is 3.41. The average Bonchev–Trinajstić information content (AvgIpc) is 2.95. The molecule has 0 atom stereocenters. The van der Waals surface area contributed by atoms with Crippen molar-refractivity contribution in [3.05, 3.63) is 35.4 Å². The highest BCUT2D eigenvalue weighted by molar-refractivity contribution is 7.90. The molecule has 12 heteroatoms. The van der Waals surface area contributed by atoms with Gasteiger partial charge in [0.15, 0.2) is 6.61 Å². The molecule has 3 amide bonds. The fourth-order valence-corrected chi connectivity index (χ4v) is 4.73. The van der Waals surface area contributed by atoms with Gasteiger partial charge in [-0.05, 0) is 25.0 Å². The van der Waals surface area contributed by atoms with Crippen molar-refractivity contribution < 1.29 is 27.5 Å². The van der Waals surface area contributed by atoms with Crippen molar-refractivity contribution >= 4 is 51.1 Å². The third kappa shape index (κ3) is 5.23. The number of urea groups is 1. The lowest BCUT2D eigenvalue weighted by Crippen LogP contribution is -2.41. The van der Waals surface area contributed by atoms with Crippen LogP contribution in [-0.4, -0.2) is 51.9 Å². The first-order valence-electron chi connectivity index (χ1n) is 9.53. The van der Waals surface area contributed by atoms with E-state index in [9.17, 15) is 22.8 Å². The molecule has 2 aliphatic rings. The largest absolute Gasteiger partial charge is 0.452 e. The summed E-state index contributed by atoms with van der Waals surface area (Å²) < 4.78 is 34.1. The number of carbonyl (C=O) groups excluding carboxylic acids is 3. The average molecular weight is 469 g/mol. The van der Waals surface area contributed by atoms with E-state index in [0.29, 0.717) is 24.5 Å². The van der Waals surface area contributed by atoms with E-state index in [0.717, 1.165) is 25.3 Å². The van der Waals surface area contributed by atoms with Crippen molar-refractivity contribution in [2.45, 2.75) is 30.6 Å². The number of amidine groups is 1. The summed E-state index contributed by atoms with van der Waals surface area (Å²) in [5, 5.41) is 4.28. The Balaban J connectivity index is 1.77. The molecule has 0 spiro atoms. The van der Waals surface area contributed by atoms with Crippen LogP contribution < -0.4 is 15.5 Å². The minimum atomic E-state index is -4.02. The molecule has 2 heterocycles. The Labute approximate surface area is 184 Å². The van der Waals surface area contributed by atoms with E-state index in [-0.39, 0.29) is 22.0 Å². The number of imide groups is 1. The summed E-state index contributed by atoms with van der Waals surface area (Å²) in [6.07, 6.45) is 4.63. The Kier molecular flexibility index (Phi) is 6.96. The van der Waals surface area contributed by atoms with Crippen LogP contribution in [0.3, 0.4) is 0 Å². The monoisotopic (exact) mass is 468 g/mol. The molecule has 0 aromatic heterocycles. The van der Waals surface area contributed by atoms with Gasteiger partial charge in [-0.3, -0.25) is 10.1 Å². The molecule has 0 bridgehead atoms. The van der Waals surface area contributed by atoms with E-state index >= 15 is 0 Å². The number of ether oxygens (including phenoxy) is 1. The molecule has 1 saturated heterocycles. The van der Waals surface area contributed by atoms with Gasteiger partial charge < -0.3 is 15.0 Å². The van der Waals surface area contributed by atoms with Crippen molar-refractivity contribution in [1.82, 2.24) is 10.6 Å². The maximum absolute atomic E-state index is 12.7. The minimum Gasteiger partial charge on any atom is -0.452 e. The second-order valence-corrected chi connectivity index (χ2v) is 8.85. The van der Waals surface area contributed by atoms with E-state index in [2.05, 4.69) is 16.3 Å². The molecular formula is C19H21ClN4O6S. The number of amides is 3. The number of nitrogens with zero attached hydrogens (tertiary/aromatic N) is 2. The topological polar surface area (TPSA) is 134 Å². The molecule has 1 aromatic rings. The molecule has 0 saturated carbocycles. The van der Waals surface area contributed by atoms with Crippen LogP contribution in [0.15, 0.2) is 34.1 Å². The lowest BCUT2D eigenvalue weighted by atomic mass is 10.1. The number of hydrogen-bond acceptors (Lipinski definition) is 7. The zero-order valence-corrected chi connectivity index (χ0v) is 18.1. The summed E-state index contributed by atoms with van der Waals surface area (Å²) >= 11 is 6.24. The van der Waals surface area contributed by atoms with Crippen LogP contribution in [0, 0.1) is 0 Å². The van der Waals surface area contributed by atoms with Gasteiger partial charge >= 0.3 is 12.0 Å². The number of halogens is 1. The number of nitrogens with one attached hydrogen (secondary N) is 2. The van der Waals surface area contributed by atoms with Crippen LogP contribution in [0.25, 0.3) is 0 Å². The van der Waals surface area contributed by atoms with Gasteiger partial charge in [-0.2, -0.15) is 8.42 Å². The maximum atomic E-state index is 12.7. The van der Waals surface area contributed by atoms with Crippen molar-refractivity contribution in [2.75, 3.05) is 24.6 Å². The molecular weight excluding hydrogens is 448 g/mol. The van der Waals surface area contributed by atoms with Crippen LogP contribution in [0.4, 0.5) is 10.5 Å². The predicted octanol–water partition coefficient (Wildman–Crippen LogP) is 1.99. The fourth-order valence-electron chi connectivity index (χ4n) is 3.23. The van der Waals surface area contributed by atoms with Gasteiger partial charge in [0.2, 0.25) is 0 Å². The number of sulfonamides is 1. The third-order valence-corrected chi connectivity index (χ3v) is 6.30. The van der Waals surface area contributed by atoms with Gasteiger partial charge in [-0.25, -0.2) is 9.59 Å². The zero-order valence-electron chi connectivity index (χ0n) is 16.5. The summed E-state index contributed by atoms with van der Waals surface area (Å²) in [6, 6.07) is 1.73. The molecule has 1 fully saturated rings. The van der Waals surface area contributed by atoms with E-state index in [1.807, 2.05) is 5.32 Å².